The number of nitrogens with one attached hydrogen (secondary N) is 1. The van der Waals surface area contributed by atoms with Crippen molar-refractivity contribution in [3.63, 3.8) is 0 Å². The van der Waals surface area contributed by atoms with Crippen molar-refractivity contribution in [3.8, 4) is 5.75 Å². The summed E-state index contributed by atoms with van der Waals surface area (Å²) in [7, 11) is 0. The monoisotopic (exact) mass is 362 g/mol. The van der Waals surface area contributed by atoms with Gasteiger partial charge in [-0.2, -0.15) is 0 Å². The van der Waals surface area contributed by atoms with Gasteiger partial charge >= 0.3 is 6.03 Å². The highest BCUT2D eigenvalue weighted by atomic mass is 16.5. The maximum atomic E-state index is 12.6. The summed E-state index contributed by atoms with van der Waals surface area (Å²) >= 11 is 0. The molecule has 0 saturated carbocycles. The van der Waals surface area contributed by atoms with Gasteiger partial charge in [-0.15, -0.1) is 0 Å². The quantitative estimate of drug-likeness (QED) is 0.832. The largest absolute Gasteiger partial charge is 0.492 e. The van der Waals surface area contributed by atoms with Crippen LogP contribution in [0.5, 0.6) is 5.75 Å². The Labute approximate surface area is 155 Å². The number of rotatable bonds is 6. The minimum atomic E-state index is -0.0509. The van der Waals surface area contributed by atoms with Crippen LogP contribution in [0.1, 0.15) is 6.92 Å². The first kappa shape index (κ1) is 18.9. The Morgan fingerprint density at radius 3 is 2.38 bits per heavy atom. The van der Waals surface area contributed by atoms with Gasteiger partial charge in [-0.25, -0.2) is 4.79 Å². The molecule has 26 heavy (non-hydrogen) atoms. The van der Waals surface area contributed by atoms with E-state index in [2.05, 4.69) is 15.1 Å². The number of hydrogen-bond acceptors (Lipinski definition) is 5. The number of benzene rings is 1. The Kier molecular flexibility index (Phi) is 7.11. The zero-order chi connectivity index (χ0) is 18.2. The molecule has 2 fully saturated rings. The van der Waals surface area contributed by atoms with Crippen LogP contribution in [0.4, 0.5) is 10.5 Å². The first-order chi connectivity index (χ1) is 12.8. The van der Waals surface area contributed by atoms with E-state index in [1.165, 1.54) is 0 Å². The van der Waals surface area contributed by atoms with Crippen molar-refractivity contribution >= 4 is 11.7 Å². The number of urea groups is 1. The van der Waals surface area contributed by atoms with Crippen LogP contribution in [0.15, 0.2) is 24.3 Å². The van der Waals surface area contributed by atoms with Crippen molar-refractivity contribution in [1.82, 2.24) is 14.7 Å². The van der Waals surface area contributed by atoms with Gasteiger partial charge in [0, 0.05) is 52.4 Å². The molecule has 1 N–H and O–H groups in total. The van der Waals surface area contributed by atoms with E-state index in [1.54, 1.807) is 0 Å². The molecule has 0 radical (unpaired) electrons. The molecule has 3 rings (SSSR count). The van der Waals surface area contributed by atoms with Gasteiger partial charge in [0.2, 0.25) is 0 Å². The van der Waals surface area contributed by atoms with E-state index in [9.17, 15) is 4.79 Å². The lowest BCUT2D eigenvalue weighted by atomic mass is 10.3. The average molecular weight is 362 g/mol. The molecule has 0 spiro atoms. The maximum absolute atomic E-state index is 12.6. The number of hydrogen-bond donors (Lipinski definition) is 1. The van der Waals surface area contributed by atoms with Crippen LogP contribution in [-0.2, 0) is 4.74 Å². The van der Waals surface area contributed by atoms with E-state index in [0.717, 1.165) is 71.3 Å². The van der Waals surface area contributed by atoms with Gasteiger partial charge in [0.15, 0.2) is 0 Å². The molecule has 0 unspecified atom stereocenters. The highest BCUT2D eigenvalue weighted by molar-refractivity contribution is 5.91. The van der Waals surface area contributed by atoms with Gasteiger partial charge in [0.1, 0.15) is 5.75 Å². The maximum Gasteiger partial charge on any atom is 0.322 e. The number of piperazine rings is 1. The first-order valence-corrected chi connectivity index (χ1v) is 9.56. The zero-order valence-electron chi connectivity index (χ0n) is 15.7. The number of carbonyl (C=O) groups is 1. The van der Waals surface area contributed by atoms with Crippen LogP contribution >= 0.6 is 0 Å². The van der Waals surface area contributed by atoms with Gasteiger partial charge in [-0.05, 0) is 19.1 Å². The molecule has 144 valence electrons. The van der Waals surface area contributed by atoms with Crippen molar-refractivity contribution in [1.29, 1.82) is 0 Å². The van der Waals surface area contributed by atoms with Crippen LogP contribution < -0.4 is 10.1 Å². The molecule has 0 atom stereocenters. The summed E-state index contributed by atoms with van der Waals surface area (Å²) in [5.74, 6) is 0.715. The second-order valence-electron chi connectivity index (χ2n) is 6.64. The van der Waals surface area contributed by atoms with Crippen molar-refractivity contribution in [2.75, 3.05) is 77.5 Å². The third kappa shape index (κ3) is 5.33. The minimum absolute atomic E-state index is 0.0509. The SMILES string of the molecule is CCOc1ccccc1NC(=O)N1CCN(CCN2CCOCC2)CC1. The number of carbonyl (C=O) groups excluding carboxylic acids is 1. The Balaban J connectivity index is 1.42. The summed E-state index contributed by atoms with van der Waals surface area (Å²) < 4.78 is 11.0. The number of nitrogens with zero attached hydrogens (tertiary/aromatic N) is 3. The van der Waals surface area contributed by atoms with E-state index >= 15 is 0 Å². The molecule has 7 heteroatoms. The van der Waals surface area contributed by atoms with E-state index < -0.39 is 0 Å². The van der Waals surface area contributed by atoms with Crippen LogP contribution in [0, 0.1) is 0 Å². The predicted molar refractivity (Wildman–Crippen MR) is 102 cm³/mol. The number of anilines is 1. The van der Waals surface area contributed by atoms with E-state index in [1.807, 2.05) is 36.1 Å². The molecule has 2 amide bonds. The van der Waals surface area contributed by atoms with Crippen molar-refractivity contribution in [2.24, 2.45) is 0 Å². The lowest BCUT2D eigenvalue weighted by Crippen LogP contribution is -2.51. The smallest absolute Gasteiger partial charge is 0.322 e. The molecule has 0 aromatic heterocycles. The number of ether oxygens (including phenoxy) is 2. The normalized spacial score (nSPS) is 19.3. The summed E-state index contributed by atoms with van der Waals surface area (Å²) in [5, 5.41) is 2.98. The number of para-hydroxylation sites is 2. The van der Waals surface area contributed by atoms with Gasteiger partial charge in [-0.1, -0.05) is 12.1 Å². The molecule has 2 aliphatic heterocycles. The fourth-order valence-electron chi connectivity index (χ4n) is 3.33. The van der Waals surface area contributed by atoms with Crippen molar-refractivity contribution in [2.45, 2.75) is 6.92 Å². The molecule has 2 saturated heterocycles. The fraction of sp³-hybridized carbons (Fsp3) is 0.632. The molecule has 1 aromatic rings. The molecule has 0 bridgehead atoms. The summed E-state index contributed by atoms with van der Waals surface area (Å²) in [6, 6.07) is 7.52. The molecule has 0 aliphatic carbocycles. The van der Waals surface area contributed by atoms with Gasteiger partial charge in [0.05, 0.1) is 25.5 Å². The second kappa shape index (κ2) is 9.75. The predicted octanol–water partition coefficient (Wildman–Crippen LogP) is 1.57. The first-order valence-electron chi connectivity index (χ1n) is 9.56. The molecule has 1 aromatic carbocycles. The zero-order valence-corrected chi connectivity index (χ0v) is 15.7. The number of morpholine rings is 1. The number of amides is 2. The lowest BCUT2D eigenvalue weighted by molar-refractivity contribution is 0.0311. The van der Waals surface area contributed by atoms with E-state index in [0.29, 0.717) is 12.4 Å². The molecule has 2 heterocycles. The molecular weight excluding hydrogens is 332 g/mol. The Morgan fingerprint density at radius 2 is 1.69 bits per heavy atom. The molecule has 2 aliphatic rings. The summed E-state index contributed by atoms with van der Waals surface area (Å²) in [6.45, 7) is 11.8. The second-order valence-corrected chi connectivity index (χ2v) is 6.64. The minimum Gasteiger partial charge on any atom is -0.492 e. The summed E-state index contributed by atoms with van der Waals surface area (Å²) in [4.78, 5) is 19.3. The van der Waals surface area contributed by atoms with E-state index in [-0.39, 0.29) is 6.03 Å². The van der Waals surface area contributed by atoms with Gasteiger partial charge in [-0.3, -0.25) is 9.80 Å². The average Bonchev–Trinajstić information content (AvgIpc) is 2.69. The molecular formula is C19H30N4O3. The topological polar surface area (TPSA) is 57.3 Å². The summed E-state index contributed by atoms with van der Waals surface area (Å²) in [6.07, 6.45) is 0. The summed E-state index contributed by atoms with van der Waals surface area (Å²) in [5.41, 5.74) is 0.731. The highest BCUT2D eigenvalue weighted by Crippen LogP contribution is 2.24. The Hall–Kier alpha value is -1.83. The van der Waals surface area contributed by atoms with Crippen LogP contribution in [0.3, 0.4) is 0 Å². The van der Waals surface area contributed by atoms with Crippen molar-refractivity contribution in [3.05, 3.63) is 24.3 Å². The van der Waals surface area contributed by atoms with Crippen LogP contribution in [-0.4, -0.2) is 92.9 Å². The lowest BCUT2D eigenvalue weighted by Gasteiger charge is -2.36. The third-order valence-electron chi connectivity index (χ3n) is 4.92. The van der Waals surface area contributed by atoms with E-state index in [4.69, 9.17) is 9.47 Å². The molecule has 7 nitrogen and oxygen atoms in total. The van der Waals surface area contributed by atoms with Crippen LogP contribution in [0.2, 0.25) is 0 Å². The van der Waals surface area contributed by atoms with Gasteiger partial charge < -0.3 is 19.7 Å². The van der Waals surface area contributed by atoms with Gasteiger partial charge in [0.25, 0.3) is 0 Å². The third-order valence-corrected chi connectivity index (χ3v) is 4.92. The Bertz CT molecular complexity index is 570. The van der Waals surface area contributed by atoms with Crippen molar-refractivity contribution < 1.29 is 14.3 Å². The fourth-order valence-corrected chi connectivity index (χ4v) is 3.33. The van der Waals surface area contributed by atoms with Crippen LogP contribution in [0.25, 0.3) is 0 Å². The highest BCUT2D eigenvalue weighted by Gasteiger charge is 2.22. The standard InChI is InChI=1S/C19H30N4O3/c1-2-26-18-6-4-3-5-17(18)20-19(24)23-11-9-21(10-12-23)7-8-22-13-15-25-16-14-22/h3-6H,2,7-16H2,1H3,(H,20,24). The Morgan fingerprint density at radius 1 is 1.04 bits per heavy atom.